The molecule has 0 saturated heterocycles. The molecule has 0 fully saturated rings. The summed E-state index contributed by atoms with van der Waals surface area (Å²) in [7, 11) is 0. The average molecular weight is 150 g/mol. The van der Waals surface area contributed by atoms with Crippen molar-refractivity contribution in [2.75, 3.05) is 0 Å². The van der Waals surface area contributed by atoms with E-state index in [0.717, 1.165) is 0 Å². The molecule has 0 atom stereocenters. The molecule has 0 aromatic carbocycles. The quantitative estimate of drug-likeness (QED) is 0.512. The molecule has 0 heterocycles. The normalized spacial score (nSPS) is 10.8. The van der Waals surface area contributed by atoms with E-state index in [1.54, 1.807) is 0 Å². The third kappa shape index (κ3) is 3.50. The van der Waals surface area contributed by atoms with E-state index in [2.05, 4.69) is 27.7 Å². The molecule has 0 aliphatic rings. The van der Waals surface area contributed by atoms with Crippen LogP contribution in [0.4, 0.5) is 0 Å². The van der Waals surface area contributed by atoms with Crippen molar-refractivity contribution in [1.29, 1.82) is 0 Å². The van der Waals surface area contributed by atoms with E-state index in [1.165, 1.54) is 21.1 Å². The van der Waals surface area contributed by atoms with E-state index in [4.69, 9.17) is 0 Å². The Morgan fingerprint density at radius 3 is 0.900 bits per heavy atom. The molecular weight excluding hydrogens is 130 g/mol. The van der Waals surface area contributed by atoms with Crippen LogP contribution in [0.5, 0.6) is 0 Å². The van der Waals surface area contributed by atoms with Gasteiger partial charge in [-0.2, -0.15) is 21.1 Å². The van der Waals surface area contributed by atoms with Gasteiger partial charge in [0.15, 0.2) is 0 Å². The van der Waals surface area contributed by atoms with E-state index < -0.39 is 13.1 Å². The second-order valence-corrected chi connectivity index (χ2v) is 10.1. The van der Waals surface area contributed by atoms with Crippen LogP contribution in [0, 0.1) is 0 Å². The van der Waals surface area contributed by atoms with Crippen molar-refractivity contribution in [3.05, 3.63) is 0 Å². The Morgan fingerprint density at radius 2 is 0.900 bits per heavy atom. The smallest absolute Gasteiger partial charge is 0.194 e. The molecule has 0 aromatic rings. The zero-order valence-corrected chi connectivity index (χ0v) is 9.56. The van der Waals surface area contributed by atoms with Crippen molar-refractivity contribution < 1.29 is 18.9 Å². The van der Waals surface area contributed by atoms with Gasteiger partial charge < -0.3 is 0 Å². The molecule has 0 aliphatic heterocycles. The van der Waals surface area contributed by atoms with Crippen LogP contribution in [-0.2, 0) is 0 Å². The minimum Gasteiger partial charge on any atom is -0.194 e. The summed E-state index contributed by atoms with van der Waals surface area (Å²) in [4.78, 5) is 0. The monoisotopic (exact) mass is 150 g/mol. The maximum Gasteiger partial charge on any atom is 1.00 e. The first-order chi connectivity index (χ1) is 4.24. The third-order valence-corrected chi connectivity index (χ3v) is 10.4. The van der Waals surface area contributed by atoms with Crippen molar-refractivity contribution in [2.45, 2.75) is 48.8 Å². The van der Waals surface area contributed by atoms with E-state index in [-0.39, 0.29) is 18.9 Å². The van der Waals surface area contributed by atoms with E-state index >= 15 is 0 Å². The van der Waals surface area contributed by atoms with E-state index in [1.807, 2.05) is 0 Å². The Bertz CT molecular complexity index is 52.1. The van der Waals surface area contributed by atoms with Gasteiger partial charge in [-0.1, -0.05) is 0 Å². The van der Waals surface area contributed by atoms with Gasteiger partial charge in [-0.05, 0) is 0 Å². The molecule has 0 rings (SSSR count). The molecule has 10 heavy (non-hydrogen) atoms. The first kappa shape index (κ1) is 13.7. The number of hydrogen-bond donors (Lipinski definition) is 0. The Balaban J connectivity index is 0. The molecule has 0 aromatic heterocycles. The largest absolute Gasteiger partial charge is 1.00 e. The summed E-state index contributed by atoms with van der Waals surface area (Å²) in [6, 6.07) is 0. The first-order valence-corrected chi connectivity index (χ1v) is 7.73. The Kier molecular flexibility index (Phi) is 9.34. The van der Waals surface area contributed by atoms with E-state index in [0.29, 0.717) is 0 Å². The van der Waals surface area contributed by atoms with Crippen molar-refractivity contribution in [2.24, 2.45) is 0 Å². The second-order valence-electron chi connectivity index (χ2n) is 3.37. The topological polar surface area (TPSA) is 0 Å². The van der Waals surface area contributed by atoms with Gasteiger partial charge in [0.25, 0.3) is 0 Å². The average Bonchev–Trinajstić information content (AvgIpc) is 1.95. The fourth-order valence-electron chi connectivity index (χ4n) is 1.73. The fraction of sp³-hybridized carbons (Fsp3) is 1.00. The molecule has 0 unspecified atom stereocenters. The summed E-state index contributed by atoms with van der Waals surface area (Å²) in [5.41, 5.74) is 0. The predicted molar refractivity (Wildman–Crippen MR) is 47.7 cm³/mol. The number of rotatable bonds is 4. The zero-order valence-electron chi connectivity index (χ0n) is 8.41. The molecule has 0 spiro atoms. The predicted octanol–water partition coefficient (Wildman–Crippen LogP) is 0.519. The molecule has 0 saturated carbocycles. The standard InChI is InChI=1S/4C2H5.Al.Li/c4*1-2;;/h4*1H2,2H3;;/q;;;;-1;+1. The Labute approximate surface area is 80.6 Å². The molecule has 0 aliphatic carbocycles. The van der Waals surface area contributed by atoms with Crippen molar-refractivity contribution in [3.8, 4) is 0 Å². The zero-order chi connectivity index (χ0) is 7.33. The van der Waals surface area contributed by atoms with Crippen LogP contribution >= 0.6 is 0 Å². The van der Waals surface area contributed by atoms with Crippen LogP contribution in [0.1, 0.15) is 27.7 Å². The van der Waals surface area contributed by atoms with Gasteiger partial charge in [-0.3, -0.25) is 0 Å². The molecule has 56 valence electrons. The summed E-state index contributed by atoms with van der Waals surface area (Å²) < 4.78 is 0. The van der Waals surface area contributed by atoms with Crippen LogP contribution in [-0.4, -0.2) is 13.1 Å². The molecule has 0 radical (unpaired) electrons. The van der Waals surface area contributed by atoms with Gasteiger partial charge in [0.05, 0.1) is 0 Å². The molecule has 2 heteroatoms. The summed E-state index contributed by atoms with van der Waals surface area (Å²) >= 11 is -0.963. The van der Waals surface area contributed by atoms with Gasteiger partial charge in [0.2, 0.25) is 0 Å². The molecule has 0 bridgehead atoms. The van der Waals surface area contributed by atoms with Crippen LogP contribution in [0.2, 0.25) is 21.1 Å². The molecule has 0 N–H and O–H groups in total. The second kappa shape index (κ2) is 6.82. The SMILES string of the molecule is C[CH2][Al-]([CH2]C)([CH2]C)[CH2]C.[Li+]. The van der Waals surface area contributed by atoms with Gasteiger partial charge in [0.1, 0.15) is 13.1 Å². The van der Waals surface area contributed by atoms with Crippen LogP contribution in [0.3, 0.4) is 0 Å². The van der Waals surface area contributed by atoms with Crippen molar-refractivity contribution >= 4 is 13.1 Å². The van der Waals surface area contributed by atoms with Crippen molar-refractivity contribution in [1.82, 2.24) is 0 Å². The maximum absolute atomic E-state index is 2.38. The minimum atomic E-state index is -0.963. The maximum atomic E-state index is 2.38. The summed E-state index contributed by atoms with van der Waals surface area (Å²) in [6.45, 7) is 9.50. The van der Waals surface area contributed by atoms with Gasteiger partial charge in [-0.25, -0.2) is 0 Å². The number of hydrogen-bond acceptors (Lipinski definition) is 0. The fourth-order valence-corrected chi connectivity index (χ4v) is 5.20. The van der Waals surface area contributed by atoms with Gasteiger partial charge in [0, 0.05) is 0 Å². The first-order valence-electron chi connectivity index (χ1n) is 4.46. The summed E-state index contributed by atoms with van der Waals surface area (Å²) in [5.74, 6) is 0. The van der Waals surface area contributed by atoms with Crippen molar-refractivity contribution in [3.63, 3.8) is 0 Å². The van der Waals surface area contributed by atoms with Crippen LogP contribution < -0.4 is 18.9 Å². The van der Waals surface area contributed by atoms with Gasteiger partial charge >= 0.3 is 18.9 Å². The minimum absolute atomic E-state index is 0. The molecule has 0 amide bonds. The summed E-state index contributed by atoms with van der Waals surface area (Å²) in [6.07, 6.45) is 0. The molecular formula is C8H20AlLi. The third-order valence-electron chi connectivity index (χ3n) is 3.46. The van der Waals surface area contributed by atoms with Crippen LogP contribution in [0.25, 0.3) is 0 Å². The summed E-state index contributed by atoms with van der Waals surface area (Å²) in [5, 5.41) is 6.04. The Morgan fingerprint density at radius 1 is 0.700 bits per heavy atom. The Hall–Kier alpha value is 1.13. The van der Waals surface area contributed by atoms with Crippen LogP contribution in [0.15, 0.2) is 0 Å². The van der Waals surface area contributed by atoms with Gasteiger partial charge in [-0.15, -0.1) is 27.7 Å². The van der Waals surface area contributed by atoms with E-state index in [9.17, 15) is 0 Å². The molecule has 0 nitrogen and oxygen atoms in total.